The number of rotatable bonds is 5. The molecule has 2 aromatic rings. The summed E-state index contributed by atoms with van der Waals surface area (Å²) in [5.74, 6) is 0.0637. The third-order valence-electron chi connectivity index (χ3n) is 5.72. The molecule has 2 N–H and O–H groups in total. The number of Topliss-reactive ketones (excluding diaryl/α,β-unsaturated/α-hetero) is 1. The zero-order valence-electron chi connectivity index (χ0n) is 17.5. The summed E-state index contributed by atoms with van der Waals surface area (Å²) in [6.07, 6.45) is 3.51. The number of ketones is 1. The Kier molecular flexibility index (Phi) is 6.01. The molecule has 1 aliphatic heterocycles. The molecule has 2 heterocycles. The van der Waals surface area contributed by atoms with Crippen LogP contribution >= 0.6 is 11.8 Å². The molecule has 0 saturated heterocycles. The highest BCUT2D eigenvalue weighted by molar-refractivity contribution is 8.03. The summed E-state index contributed by atoms with van der Waals surface area (Å²) in [6, 6.07) is 11.6. The third kappa shape index (κ3) is 4.17. The highest BCUT2D eigenvalue weighted by Gasteiger charge is 2.38. The smallest absolute Gasteiger partial charge is 0.234 e. The Labute approximate surface area is 185 Å². The topological polar surface area (TPSA) is 95.1 Å². The molecule has 31 heavy (non-hydrogen) atoms. The van der Waals surface area contributed by atoms with Crippen LogP contribution in [0.2, 0.25) is 0 Å². The van der Waals surface area contributed by atoms with Crippen molar-refractivity contribution in [2.24, 2.45) is 0 Å². The van der Waals surface area contributed by atoms with Crippen molar-refractivity contribution in [3.05, 3.63) is 75.4 Å². The molecule has 1 aromatic carbocycles. The maximum Gasteiger partial charge on any atom is 0.234 e. The van der Waals surface area contributed by atoms with Crippen LogP contribution in [0.25, 0.3) is 0 Å². The number of hydrogen-bond donors (Lipinski definition) is 2. The number of hydrogen-bond acceptors (Lipinski definition) is 6. The number of benzene rings is 1. The van der Waals surface area contributed by atoms with Crippen LogP contribution in [0.15, 0.2) is 62.9 Å². The number of furan rings is 1. The fourth-order valence-corrected chi connectivity index (χ4v) is 4.85. The molecule has 0 bridgehead atoms. The van der Waals surface area contributed by atoms with Crippen molar-refractivity contribution >= 4 is 29.1 Å². The van der Waals surface area contributed by atoms with Gasteiger partial charge >= 0.3 is 0 Å². The summed E-state index contributed by atoms with van der Waals surface area (Å²) in [5.41, 5.74) is 4.77. The van der Waals surface area contributed by atoms with Crippen molar-refractivity contribution in [2.45, 2.75) is 39.0 Å². The highest BCUT2D eigenvalue weighted by Crippen LogP contribution is 2.44. The van der Waals surface area contributed by atoms with Crippen LogP contribution in [-0.2, 0) is 9.59 Å². The number of thioether (sulfide) groups is 1. The standard InChI is InChI=1S/C24H23N3O3S/c1-14-6-3-7-17(15(14)2)26-21(29)13-31-24-16(12-25)22(20-10-5-11-30-20)23-18(27-24)8-4-9-19(23)28/h3,5-7,10-11,22,27H,4,8-9,13H2,1-2H3,(H,26,29). The summed E-state index contributed by atoms with van der Waals surface area (Å²) < 4.78 is 5.59. The molecule has 0 fully saturated rings. The SMILES string of the molecule is Cc1cccc(NC(=O)CSC2=C(C#N)C(c3ccco3)C3=C(CCCC3=O)N2)c1C. The predicted octanol–water partition coefficient (Wildman–Crippen LogP) is 4.70. The minimum absolute atomic E-state index is 0.0413. The van der Waals surface area contributed by atoms with E-state index < -0.39 is 5.92 Å². The van der Waals surface area contributed by atoms with Gasteiger partial charge in [0.15, 0.2) is 5.78 Å². The number of dihydropyridines is 1. The summed E-state index contributed by atoms with van der Waals surface area (Å²) in [7, 11) is 0. The van der Waals surface area contributed by atoms with Crippen molar-refractivity contribution in [1.82, 2.24) is 5.32 Å². The fraction of sp³-hybridized carbons (Fsp3) is 0.292. The molecule has 0 spiro atoms. The van der Waals surface area contributed by atoms with Gasteiger partial charge in [0, 0.05) is 23.4 Å². The van der Waals surface area contributed by atoms with Crippen molar-refractivity contribution in [2.75, 3.05) is 11.1 Å². The summed E-state index contributed by atoms with van der Waals surface area (Å²) in [6.45, 7) is 3.97. The number of aryl methyl sites for hydroxylation is 1. The predicted molar refractivity (Wildman–Crippen MR) is 120 cm³/mol. The molecule has 0 radical (unpaired) electrons. The first kappa shape index (κ1) is 21.0. The Bertz CT molecular complexity index is 1140. The van der Waals surface area contributed by atoms with E-state index in [1.807, 2.05) is 32.0 Å². The van der Waals surface area contributed by atoms with Gasteiger partial charge in [-0.2, -0.15) is 5.26 Å². The van der Waals surface area contributed by atoms with Gasteiger partial charge < -0.3 is 15.1 Å². The lowest BCUT2D eigenvalue weighted by atomic mass is 9.79. The second-order valence-corrected chi connectivity index (χ2v) is 8.67. The lowest BCUT2D eigenvalue weighted by molar-refractivity contribution is -0.116. The van der Waals surface area contributed by atoms with Crippen molar-refractivity contribution in [3.8, 4) is 6.07 Å². The number of nitrogens with one attached hydrogen (secondary N) is 2. The number of anilines is 1. The monoisotopic (exact) mass is 433 g/mol. The lowest BCUT2D eigenvalue weighted by Crippen LogP contribution is -2.31. The third-order valence-corrected chi connectivity index (χ3v) is 6.73. The Morgan fingerprint density at radius 1 is 1.29 bits per heavy atom. The molecular weight excluding hydrogens is 410 g/mol. The van der Waals surface area contributed by atoms with Gasteiger partial charge in [0.05, 0.1) is 34.6 Å². The van der Waals surface area contributed by atoms with Gasteiger partial charge in [-0.15, -0.1) is 0 Å². The maximum absolute atomic E-state index is 12.7. The van der Waals surface area contributed by atoms with Gasteiger partial charge in [-0.3, -0.25) is 9.59 Å². The summed E-state index contributed by atoms with van der Waals surface area (Å²) >= 11 is 1.27. The summed E-state index contributed by atoms with van der Waals surface area (Å²) in [4.78, 5) is 25.3. The zero-order chi connectivity index (χ0) is 22.0. The Morgan fingerprint density at radius 3 is 2.87 bits per heavy atom. The molecule has 158 valence electrons. The molecule has 7 heteroatoms. The average Bonchev–Trinajstić information content (AvgIpc) is 3.29. The van der Waals surface area contributed by atoms with Gasteiger partial charge in [-0.25, -0.2) is 0 Å². The molecule has 1 amide bonds. The van der Waals surface area contributed by atoms with Gasteiger partial charge in [-0.05, 0) is 56.0 Å². The average molecular weight is 434 g/mol. The van der Waals surface area contributed by atoms with E-state index in [4.69, 9.17) is 4.42 Å². The van der Waals surface area contributed by atoms with Crippen LogP contribution in [0.1, 0.15) is 42.1 Å². The zero-order valence-corrected chi connectivity index (χ0v) is 18.3. The second-order valence-electron chi connectivity index (χ2n) is 7.68. The van der Waals surface area contributed by atoms with E-state index >= 15 is 0 Å². The van der Waals surface area contributed by atoms with E-state index in [-0.39, 0.29) is 17.4 Å². The molecule has 0 saturated carbocycles. The molecule has 1 unspecified atom stereocenters. The summed E-state index contributed by atoms with van der Waals surface area (Å²) in [5, 5.41) is 16.8. The Hall–Kier alpha value is -3.24. The van der Waals surface area contributed by atoms with E-state index in [1.54, 1.807) is 18.4 Å². The van der Waals surface area contributed by atoms with E-state index in [0.29, 0.717) is 28.4 Å². The molecule has 1 atom stereocenters. The van der Waals surface area contributed by atoms with E-state index in [1.165, 1.54) is 11.8 Å². The van der Waals surface area contributed by atoms with Crippen molar-refractivity contribution in [3.63, 3.8) is 0 Å². The van der Waals surface area contributed by atoms with Crippen molar-refractivity contribution < 1.29 is 14.0 Å². The number of carbonyl (C=O) groups excluding carboxylic acids is 2. The van der Waals surface area contributed by atoms with Crippen LogP contribution in [0.5, 0.6) is 0 Å². The minimum Gasteiger partial charge on any atom is -0.468 e. The molecule has 4 rings (SSSR count). The van der Waals surface area contributed by atoms with E-state index in [0.717, 1.165) is 35.4 Å². The quantitative estimate of drug-likeness (QED) is 0.710. The maximum atomic E-state index is 12.7. The first-order chi connectivity index (χ1) is 15.0. The van der Waals surface area contributed by atoms with Crippen LogP contribution in [0.3, 0.4) is 0 Å². The molecule has 2 aliphatic rings. The first-order valence-corrected chi connectivity index (χ1v) is 11.2. The molecule has 1 aromatic heterocycles. The van der Waals surface area contributed by atoms with Gasteiger partial charge in [0.25, 0.3) is 0 Å². The Morgan fingerprint density at radius 2 is 2.13 bits per heavy atom. The number of nitrogens with zero attached hydrogens (tertiary/aromatic N) is 1. The molecular formula is C24H23N3O3S. The van der Waals surface area contributed by atoms with Crippen molar-refractivity contribution in [1.29, 1.82) is 5.26 Å². The lowest BCUT2D eigenvalue weighted by Gasteiger charge is -2.32. The van der Waals surface area contributed by atoms with E-state index in [2.05, 4.69) is 16.7 Å². The molecule has 6 nitrogen and oxygen atoms in total. The number of nitriles is 1. The normalized spacial score (nSPS) is 18.4. The largest absolute Gasteiger partial charge is 0.468 e. The number of amides is 1. The minimum atomic E-state index is -0.534. The number of carbonyl (C=O) groups is 2. The fourth-order valence-electron chi connectivity index (χ4n) is 3.99. The Balaban J connectivity index is 1.58. The highest BCUT2D eigenvalue weighted by atomic mass is 32.2. The number of allylic oxidation sites excluding steroid dienone is 3. The van der Waals surface area contributed by atoms with E-state index in [9.17, 15) is 14.9 Å². The van der Waals surface area contributed by atoms with Crippen LogP contribution in [0, 0.1) is 25.2 Å². The van der Waals surface area contributed by atoms with Gasteiger partial charge in [0.2, 0.25) is 5.91 Å². The van der Waals surface area contributed by atoms with Crippen LogP contribution in [0.4, 0.5) is 5.69 Å². The van der Waals surface area contributed by atoms with Crippen LogP contribution < -0.4 is 10.6 Å². The second kappa shape index (κ2) is 8.86. The first-order valence-electron chi connectivity index (χ1n) is 10.2. The van der Waals surface area contributed by atoms with Crippen LogP contribution in [-0.4, -0.2) is 17.4 Å². The molecule has 1 aliphatic carbocycles. The van der Waals surface area contributed by atoms with Gasteiger partial charge in [-0.1, -0.05) is 23.9 Å². The van der Waals surface area contributed by atoms with Gasteiger partial charge in [0.1, 0.15) is 5.76 Å².